The number of nitrogens with one attached hydrogen (secondary N) is 1. The van der Waals surface area contributed by atoms with Crippen molar-refractivity contribution in [2.75, 3.05) is 5.32 Å². The second-order valence-corrected chi connectivity index (χ2v) is 7.41. The highest BCUT2D eigenvalue weighted by molar-refractivity contribution is 7.09. The van der Waals surface area contributed by atoms with Crippen molar-refractivity contribution in [1.29, 1.82) is 0 Å². The van der Waals surface area contributed by atoms with Gasteiger partial charge in [0.05, 0.1) is 16.4 Å². The lowest BCUT2D eigenvalue weighted by molar-refractivity contribution is 0.0988. The maximum Gasteiger partial charge on any atom is 0.294 e. The van der Waals surface area contributed by atoms with E-state index in [9.17, 15) is 4.79 Å². The summed E-state index contributed by atoms with van der Waals surface area (Å²) in [5.74, 6) is -0.200. The van der Waals surface area contributed by atoms with Crippen molar-refractivity contribution in [3.8, 4) is 22.5 Å². The summed E-state index contributed by atoms with van der Waals surface area (Å²) in [6, 6.07) is 9.17. The van der Waals surface area contributed by atoms with Crippen LogP contribution in [0.15, 0.2) is 46.4 Å². The molecule has 0 unspecified atom stereocenters. The van der Waals surface area contributed by atoms with E-state index in [2.05, 4.69) is 20.6 Å². The van der Waals surface area contributed by atoms with Gasteiger partial charge in [0.1, 0.15) is 5.69 Å². The normalized spacial score (nSPS) is 11.0. The zero-order valence-corrected chi connectivity index (χ0v) is 16.6. The Morgan fingerprint density at radius 3 is 2.64 bits per heavy atom. The number of benzene rings is 1. The van der Waals surface area contributed by atoms with Crippen LogP contribution in [0.2, 0.25) is 0 Å². The fourth-order valence-electron chi connectivity index (χ4n) is 2.85. The lowest BCUT2D eigenvalue weighted by Crippen LogP contribution is -2.10. The Bertz CT molecular complexity index is 1120. The minimum Gasteiger partial charge on any atom is -0.350 e. The molecular weight excluding hydrogens is 374 g/mol. The quantitative estimate of drug-likeness (QED) is 0.537. The number of rotatable bonds is 5. The predicted molar refractivity (Wildman–Crippen MR) is 108 cm³/mol. The summed E-state index contributed by atoms with van der Waals surface area (Å²) in [6.45, 7) is 6.66. The number of anilines is 1. The fourth-order valence-corrected chi connectivity index (χ4v) is 3.48. The Kier molecular flexibility index (Phi) is 4.79. The number of carbonyl (C=O) groups is 1. The average Bonchev–Trinajstić information content (AvgIpc) is 3.41. The molecule has 0 aliphatic rings. The average molecular weight is 393 g/mol. The van der Waals surface area contributed by atoms with E-state index in [1.54, 1.807) is 17.4 Å². The molecule has 0 bridgehead atoms. The molecule has 0 aliphatic carbocycles. The van der Waals surface area contributed by atoms with Gasteiger partial charge < -0.3 is 9.84 Å². The van der Waals surface area contributed by atoms with Crippen molar-refractivity contribution >= 4 is 22.9 Å². The first-order valence-corrected chi connectivity index (χ1v) is 9.76. The molecule has 4 aromatic rings. The van der Waals surface area contributed by atoms with Crippen molar-refractivity contribution in [3.05, 3.63) is 58.4 Å². The second kappa shape index (κ2) is 7.40. The van der Waals surface area contributed by atoms with Gasteiger partial charge in [-0.05, 0) is 32.9 Å². The number of aromatic nitrogens is 4. The SMILES string of the molecule is CCn1cc(-c2cc(C(=O)Nc3ccc(-c4csc(C)n4)cc3)on2)c(C)n1. The molecular formula is C20H19N5O2S. The highest BCUT2D eigenvalue weighted by atomic mass is 32.1. The van der Waals surface area contributed by atoms with E-state index in [1.807, 2.05) is 61.3 Å². The van der Waals surface area contributed by atoms with Crippen LogP contribution >= 0.6 is 11.3 Å². The molecule has 1 N–H and O–H groups in total. The third kappa shape index (κ3) is 3.59. The van der Waals surface area contributed by atoms with E-state index < -0.39 is 0 Å². The highest BCUT2D eigenvalue weighted by Crippen LogP contribution is 2.25. The van der Waals surface area contributed by atoms with Crippen LogP contribution in [0.4, 0.5) is 5.69 Å². The maximum atomic E-state index is 12.5. The zero-order chi connectivity index (χ0) is 19.7. The van der Waals surface area contributed by atoms with Gasteiger partial charge in [-0.25, -0.2) is 4.98 Å². The van der Waals surface area contributed by atoms with E-state index in [1.165, 1.54) is 0 Å². The van der Waals surface area contributed by atoms with Crippen LogP contribution in [0, 0.1) is 13.8 Å². The second-order valence-electron chi connectivity index (χ2n) is 6.34. The summed E-state index contributed by atoms with van der Waals surface area (Å²) in [4.78, 5) is 17.0. The van der Waals surface area contributed by atoms with Gasteiger partial charge in [0.2, 0.25) is 5.76 Å². The number of amides is 1. The first kappa shape index (κ1) is 18.1. The molecule has 0 atom stereocenters. The number of hydrogen-bond donors (Lipinski definition) is 1. The van der Waals surface area contributed by atoms with Crippen LogP contribution < -0.4 is 5.32 Å². The molecule has 142 valence electrons. The van der Waals surface area contributed by atoms with Crippen LogP contribution in [0.1, 0.15) is 28.2 Å². The van der Waals surface area contributed by atoms with Gasteiger partial charge in [-0.3, -0.25) is 9.48 Å². The van der Waals surface area contributed by atoms with Gasteiger partial charge in [-0.15, -0.1) is 11.3 Å². The van der Waals surface area contributed by atoms with Gasteiger partial charge in [-0.2, -0.15) is 5.10 Å². The molecule has 0 saturated carbocycles. The largest absolute Gasteiger partial charge is 0.350 e. The van der Waals surface area contributed by atoms with E-state index >= 15 is 0 Å². The maximum absolute atomic E-state index is 12.5. The lowest BCUT2D eigenvalue weighted by atomic mass is 10.1. The number of thiazole rings is 1. The Hall–Kier alpha value is -3.26. The first-order chi connectivity index (χ1) is 13.5. The van der Waals surface area contributed by atoms with Crippen LogP contribution in [-0.2, 0) is 6.54 Å². The molecule has 0 aliphatic heterocycles. The third-order valence-corrected chi connectivity index (χ3v) is 5.11. The molecule has 0 radical (unpaired) electrons. The summed E-state index contributed by atoms with van der Waals surface area (Å²) < 4.78 is 7.06. The summed E-state index contributed by atoms with van der Waals surface area (Å²) in [5.41, 5.74) is 4.91. The van der Waals surface area contributed by atoms with E-state index in [4.69, 9.17) is 4.52 Å². The number of nitrogens with zero attached hydrogens (tertiary/aromatic N) is 4. The molecule has 1 amide bonds. The fraction of sp³-hybridized carbons (Fsp3) is 0.200. The minimum absolute atomic E-state index is 0.151. The van der Waals surface area contributed by atoms with Crippen LogP contribution in [0.3, 0.4) is 0 Å². The molecule has 3 aromatic heterocycles. The van der Waals surface area contributed by atoms with Crippen LogP contribution in [0.5, 0.6) is 0 Å². The smallest absolute Gasteiger partial charge is 0.294 e. The van der Waals surface area contributed by atoms with E-state index in [0.717, 1.165) is 34.1 Å². The van der Waals surface area contributed by atoms with E-state index in [0.29, 0.717) is 11.4 Å². The summed E-state index contributed by atoms with van der Waals surface area (Å²) in [5, 5.41) is 14.3. The van der Waals surface area contributed by atoms with Gasteiger partial charge in [-0.1, -0.05) is 17.3 Å². The summed E-state index contributed by atoms with van der Waals surface area (Å²) in [6.07, 6.45) is 1.90. The molecule has 1 aromatic carbocycles. The first-order valence-electron chi connectivity index (χ1n) is 8.88. The van der Waals surface area contributed by atoms with Gasteiger partial charge >= 0.3 is 0 Å². The number of aryl methyl sites for hydroxylation is 3. The standard InChI is InChI=1S/C20H19N5O2S/c1-4-25-10-16(12(2)23-25)17-9-19(27-24-17)20(26)22-15-7-5-14(6-8-15)18-11-28-13(3)21-18/h5-11H,4H2,1-3H3,(H,22,26). The molecule has 7 nitrogen and oxygen atoms in total. The molecule has 0 saturated heterocycles. The third-order valence-electron chi connectivity index (χ3n) is 4.34. The van der Waals surface area contributed by atoms with Gasteiger partial charge in [0.15, 0.2) is 0 Å². The Morgan fingerprint density at radius 1 is 1.21 bits per heavy atom. The van der Waals surface area contributed by atoms with Gasteiger partial charge in [0.25, 0.3) is 5.91 Å². The van der Waals surface area contributed by atoms with Gasteiger partial charge in [0, 0.05) is 41.0 Å². The summed E-state index contributed by atoms with van der Waals surface area (Å²) >= 11 is 1.61. The monoisotopic (exact) mass is 393 g/mol. The minimum atomic E-state index is -0.350. The van der Waals surface area contributed by atoms with Crippen molar-refractivity contribution in [2.24, 2.45) is 0 Å². The van der Waals surface area contributed by atoms with Crippen LogP contribution in [-0.4, -0.2) is 25.8 Å². The molecule has 0 spiro atoms. The number of carbonyl (C=O) groups excluding carboxylic acids is 1. The molecule has 3 heterocycles. The Morgan fingerprint density at radius 2 is 2.00 bits per heavy atom. The van der Waals surface area contributed by atoms with Crippen molar-refractivity contribution in [3.63, 3.8) is 0 Å². The Labute approximate surface area is 166 Å². The molecule has 28 heavy (non-hydrogen) atoms. The number of hydrogen-bond acceptors (Lipinski definition) is 6. The van der Waals surface area contributed by atoms with E-state index in [-0.39, 0.29) is 11.7 Å². The lowest BCUT2D eigenvalue weighted by Gasteiger charge is -2.03. The van der Waals surface area contributed by atoms with Crippen molar-refractivity contribution < 1.29 is 9.32 Å². The zero-order valence-electron chi connectivity index (χ0n) is 15.8. The molecule has 0 fully saturated rings. The molecule has 4 rings (SSSR count). The van der Waals surface area contributed by atoms with Crippen molar-refractivity contribution in [2.45, 2.75) is 27.3 Å². The predicted octanol–water partition coefficient (Wildman–Crippen LogP) is 4.55. The molecule has 8 heteroatoms. The van der Waals surface area contributed by atoms with Crippen molar-refractivity contribution in [1.82, 2.24) is 19.9 Å². The van der Waals surface area contributed by atoms with Crippen LogP contribution in [0.25, 0.3) is 22.5 Å². The summed E-state index contributed by atoms with van der Waals surface area (Å²) in [7, 11) is 0. The highest BCUT2D eigenvalue weighted by Gasteiger charge is 2.17. The Balaban J connectivity index is 1.48. The topological polar surface area (TPSA) is 85.8 Å².